The van der Waals surface area contributed by atoms with E-state index in [4.69, 9.17) is 16.7 Å². The van der Waals surface area contributed by atoms with Gasteiger partial charge in [-0.2, -0.15) is 0 Å². The molecule has 0 fully saturated rings. The number of anilines is 1. The first-order valence-electron chi connectivity index (χ1n) is 6.87. The Morgan fingerprint density at radius 1 is 1.50 bits per heavy atom. The summed E-state index contributed by atoms with van der Waals surface area (Å²) in [5.74, 6) is -0.918. The maximum atomic E-state index is 12.2. The molecule has 6 nitrogen and oxygen atoms in total. The Hall–Kier alpha value is -2.34. The first kappa shape index (κ1) is 14.6. The third-order valence-electron chi connectivity index (χ3n) is 3.74. The Morgan fingerprint density at radius 3 is 3.09 bits per heavy atom. The fourth-order valence-electron chi connectivity index (χ4n) is 2.74. The van der Waals surface area contributed by atoms with Gasteiger partial charge in [-0.25, -0.2) is 4.98 Å². The largest absolute Gasteiger partial charge is 0.480 e. The molecule has 0 amide bonds. The van der Waals surface area contributed by atoms with Crippen molar-refractivity contribution in [2.75, 3.05) is 5.32 Å². The lowest BCUT2D eigenvalue weighted by Gasteiger charge is -2.15. The number of nitrogens with zero attached hydrogens (tertiary/aromatic N) is 2. The van der Waals surface area contributed by atoms with Crippen molar-refractivity contribution in [3.63, 3.8) is 0 Å². The zero-order chi connectivity index (χ0) is 15.7. The molecule has 0 saturated heterocycles. The van der Waals surface area contributed by atoms with Gasteiger partial charge in [0.2, 0.25) is 0 Å². The van der Waals surface area contributed by atoms with Crippen LogP contribution in [0.5, 0.6) is 0 Å². The third kappa shape index (κ3) is 2.69. The van der Waals surface area contributed by atoms with Crippen molar-refractivity contribution < 1.29 is 9.90 Å². The van der Waals surface area contributed by atoms with Gasteiger partial charge in [-0.05, 0) is 30.0 Å². The first-order valence-corrected chi connectivity index (χ1v) is 7.25. The molecule has 0 saturated carbocycles. The van der Waals surface area contributed by atoms with Gasteiger partial charge in [-0.3, -0.25) is 14.2 Å². The molecule has 2 N–H and O–H groups in total. The van der Waals surface area contributed by atoms with Crippen molar-refractivity contribution in [2.24, 2.45) is 0 Å². The van der Waals surface area contributed by atoms with Crippen LogP contribution >= 0.6 is 11.6 Å². The van der Waals surface area contributed by atoms with E-state index in [9.17, 15) is 9.59 Å². The molecule has 22 heavy (non-hydrogen) atoms. The van der Waals surface area contributed by atoms with Crippen LogP contribution in [-0.4, -0.2) is 20.6 Å². The van der Waals surface area contributed by atoms with Crippen LogP contribution in [0.3, 0.4) is 0 Å². The van der Waals surface area contributed by atoms with Crippen LogP contribution in [0.2, 0.25) is 5.02 Å². The van der Waals surface area contributed by atoms with E-state index in [1.807, 2.05) is 18.2 Å². The number of carboxylic acids is 1. The molecule has 1 aliphatic rings. The summed E-state index contributed by atoms with van der Waals surface area (Å²) in [6, 6.07) is 5.66. The van der Waals surface area contributed by atoms with Crippen LogP contribution in [0.4, 0.5) is 5.82 Å². The van der Waals surface area contributed by atoms with Gasteiger partial charge in [0.25, 0.3) is 5.56 Å². The highest BCUT2D eigenvalue weighted by Gasteiger charge is 2.25. The Morgan fingerprint density at radius 2 is 2.32 bits per heavy atom. The molecule has 3 rings (SSSR count). The Kier molecular flexibility index (Phi) is 3.85. The lowest BCUT2D eigenvalue weighted by molar-refractivity contribution is -0.137. The predicted octanol–water partition coefficient (Wildman–Crippen LogP) is 2.08. The minimum absolute atomic E-state index is 0.0467. The first-order chi connectivity index (χ1) is 10.6. The van der Waals surface area contributed by atoms with Gasteiger partial charge >= 0.3 is 5.97 Å². The number of carbonyl (C=O) groups is 1. The summed E-state index contributed by atoms with van der Waals surface area (Å²) in [6.07, 6.45) is 4.43. The molecule has 1 atom stereocenters. The molecule has 1 aromatic carbocycles. The molecule has 0 bridgehead atoms. The molecule has 1 aromatic heterocycles. The molecular formula is C15H14ClN3O3. The second-order valence-electron chi connectivity index (χ2n) is 5.15. The van der Waals surface area contributed by atoms with Gasteiger partial charge in [0, 0.05) is 17.4 Å². The summed E-state index contributed by atoms with van der Waals surface area (Å²) < 4.78 is 1.12. The SMILES string of the molecule is O=C(O)Cn1ccnc(N[C@@H]2CCc3c(Cl)cccc32)c1=O. The van der Waals surface area contributed by atoms with E-state index in [-0.39, 0.29) is 18.4 Å². The lowest BCUT2D eigenvalue weighted by atomic mass is 10.1. The van der Waals surface area contributed by atoms with E-state index < -0.39 is 11.5 Å². The number of carboxylic acid groups (broad SMARTS) is 1. The van der Waals surface area contributed by atoms with E-state index in [0.717, 1.165) is 33.6 Å². The van der Waals surface area contributed by atoms with Crippen LogP contribution in [0, 0.1) is 0 Å². The Balaban J connectivity index is 1.89. The average Bonchev–Trinajstić information content (AvgIpc) is 2.87. The molecule has 0 aliphatic heterocycles. The number of aromatic nitrogens is 2. The van der Waals surface area contributed by atoms with Crippen LogP contribution in [0.25, 0.3) is 0 Å². The van der Waals surface area contributed by atoms with Gasteiger partial charge in [0.05, 0.1) is 6.04 Å². The number of rotatable bonds is 4. The van der Waals surface area contributed by atoms with Crippen LogP contribution in [0.1, 0.15) is 23.6 Å². The number of benzene rings is 1. The van der Waals surface area contributed by atoms with Crippen molar-refractivity contribution in [1.82, 2.24) is 9.55 Å². The van der Waals surface area contributed by atoms with E-state index in [0.29, 0.717) is 0 Å². The topological polar surface area (TPSA) is 84.2 Å². The number of hydrogen-bond donors (Lipinski definition) is 2. The van der Waals surface area contributed by atoms with Crippen molar-refractivity contribution in [3.8, 4) is 0 Å². The van der Waals surface area contributed by atoms with Gasteiger partial charge in [0.15, 0.2) is 5.82 Å². The summed E-state index contributed by atoms with van der Waals surface area (Å²) in [5, 5.41) is 12.7. The summed E-state index contributed by atoms with van der Waals surface area (Å²) >= 11 is 6.18. The minimum atomic E-state index is -1.07. The summed E-state index contributed by atoms with van der Waals surface area (Å²) in [6.45, 7) is -0.386. The molecule has 114 valence electrons. The molecule has 0 radical (unpaired) electrons. The fourth-order valence-corrected chi connectivity index (χ4v) is 3.02. The number of fused-ring (bicyclic) bond motifs is 1. The summed E-state index contributed by atoms with van der Waals surface area (Å²) in [7, 11) is 0. The smallest absolute Gasteiger partial charge is 0.323 e. The van der Waals surface area contributed by atoms with E-state index in [1.54, 1.807) is 0 Å². The summed E-state index contributed by atoms with van der Waals surface area (Å²) in [5.41, 5.74) is 1.70. The molecule has 0 unspecified atom stereocenters. The zero-order valence-corrected chi connectivity index (χ0v) is 12.4. The molecule has 2 aromatic rings. The van der Waals surface area contributed by atoms with Crippen molar-refractivity contribution in [3.05, 3.63) is 57.1 Å². The quantitative estimate of drug-likeness (QED) is 0.901. The van der Waals surface area contributed by atoms with Crippen molar-refractivity contribution in [1.29, 1.82) is 0 Å². The molecule has 7 heteroatoms. The standard InChI is InChI=1S/C15H14ClN3O3/c16-11-3-1-2-10-9(11)4-5-12(10)18-14-15(22)19(7-6-17-14)8-13(20)21/h1-3,6-7,12H,4-5,8H2,(H,17,18)(H,20,21)/t12-/m1/s1. The molecule has 1 aliphatic carbocycles. The van der Waals surface area contributed by atoms with Gasteiger partial charge in [-0.1, -0.05) is 23.7 Å². The molecule has 0 spiro atoms. The van der Waals surface area contributed by atoms with Gasteiger partial charge in [-0.15, -0.1) is 0 Å². The predicted molar refractivity (Wildman–Crippen MR) is 82.3 cm³/mol. The highest BCUT2D eigenvalue weighted by molar-refractivity contribution is 6.31. The van der Waals surface area contributed by atoms with E-state index in [2.05, 4.69) is 10.3 Å². The zero-order valence-electron chi connectivity index (χ0n) is 11.6. The number of halogens is 1. The lowest BCUT2D eigenvalue weighted by Crippen LogP contribution is -2.27. The maximum Gasteiger partial charge on any atom is 0.323 e. The second-order valence-corrected chi connectivity index (χ2v) is 5.55. The Labute approximate surface area is 131 Å². The van der Waals surface area contributed by atoms with Crippen LogP contribution < -0.4 is 10.9 Å². The summed E-state index contributed by atoms with van der Waals surface area (Å²) in [4.78, 5) is 27.0. The van der Waals surface area contributed by atoms with E-state index >= 15 is 0 Å². The normalized spacial score (nSPS) is 16.3. The van der Waals surface area contributed by atoms with Crippen molar-refractivity contribution >= 4 is 23.4 Å². The van der Waals surface area contributed by atoms with Crippen molar-refractivity contribution in [2.45, 2.75) is 25.4 Å². The number of hydrogen-bond acceptors (Lipinski definition) is 4. The van der Waals surface area contributed by atoms with Gasteiger partial charge < -0.3 is 10.4 Å². The second kappa shape index (κ2) is 5.81. The fraction of sp³-hybridized carbons (Fsp3) is 0.267. The number of nitrogens with one attached hydrogen (secondary N) is 1. The van der Waals surface area contributed by atoms with Crippen LogP contribution in [-0.2, 0) is 17.8 Å². The molecule has 1 heterocycles. The maximum absolute atomic E-state index is 12.2. The molecular weight excluding hydrogens is 306 g/mol. The van der Waals surface area contributed by atoms with Gasteiger partial charge in [0.1, 0.15) is 6.54 Å². The highest BCUT2D eigenvalue weighted by atomic mass is 35.5. The third-order valence-corrected chi connectivity index (χ3v) is 4.10. The Bertz CT molecular complexity index is 788. The minimum Gasteiger partial charge on any atom is -0.480 e. The van der Waals surface area contributed by atoms with Crippen LogP contribution in [0.15, 0.2) is 35.4 Å². The monoisotopic (exact) mass is 319 g/mol. The highest BCUT2D eigenvalue weighted by Crippen LogP contribution is 2.36. The average molecular weight is 320 g/mol. The van der Waals surface area contributed by atoms with E-state index in [1.165, 1.54) is 12.4 Å². The number of aliphatic carboxylic acids is 1.